The molecule has 1 unspecified atom stereocenters. The first-order valence-electron chi connectivity index (χ1n) is 5.79. The van der Waals surface area contributed by atoms with Crippen LogP contribution in [0.3, 0.4) is 0 Å². The molecule has 0 radical (unpaired) electrons. The van der Waals surface area contributed by atoms with Gasteiger partial charge < -0.3 is 15.0 Å². The summed E-state index contributed by atoms with van der Waals surface area (Å²) >= 11 is 6.03. The van der Waals surface area contributed by atoms with Crippen molar-refractivity contribution in [2.75, 3.05) is 13.7 Å². The number of methoxy groups -OCH3 is 1. The van der Waals surface area contributed by atoms with E-state index < -0.39 is 0 Å². The van der Waals surface area contributed by atoms with Gasteiger partial charge in [0.15, 0.2) is 0 Å². The van der Waals surface area contributed by atoms with E-state index in [1.807, 2.05) is 18.2 Å². The molecule has 1 aromatic carbocycles. The lowest BCUT2D eigenvalue weighted by Crippen LogP contribution is -2.32. The monoisotopic (exact) mass is 264 g/mol. The summed E-state index contributed by atoms with van der Waals surface area (Å²) in [5, 5.41) is 4.90. The van der Waals surface area contributed by atoms with Crippen LogP contribution < -0.4 is 5.32 Å². The number of ether oxygens (including phenoxy) is 1. The van der Waals surface area contributed by atoms with Crippen LogP contribution in [0.5, 0.6) is 0 Å². The molecule has 0 bridgehead atoms. The van der Waals surface area contributed by atoms with Gasteiger partial charge in [0.1, 0.15) is 0 Å². The predicted molar refractivity (Wildman–Crippen MR) is 69.8 cm³/mol. The summed E-state index contributed by atoms with van der Waals surface area (Å²) in [5.74, 6) is -0.490. The van der Waals surface area contributed by atoms with Crippen LogP contribution in [0.25, 0.3) is 10.9 Å². The number of hydrogen-bond donors (Lipinski definition) is 2. The Bertz CT molecular complexity index is 621. The van der Waals surface area contributed by atoms with Crippen LogP contribution in [-0.4, -0.2) is 24.6 Å². The lowest BCUT2D eigenvalue weighted by atomic mass is 9.93. The Morgan fingerprint density at radius 1 is 1.50 bits per heavy atom. The van der Waals surface area contributed by atoms with Gasteiger partial charge in [0, 0.05) is 34.7 Å². The van der Waals surface area contributed by atoms with Gasteiger partial charge in [-0.05, 0) is 23.8 Å². The summed E-state index contributed by atoms with van der Waals surface area (Å²) in [4.78, 5) is 15.2. The van der Waals surface area contributed by atoms with Crippen LogP contribution in [0.1, 0.15) is 17.2 Å². The molecule has 0 aliphatic carbocycles. The van der Waals surface area contributed by atoms with Crippen molar-refractivity contribution in [3.8, 4) is 0 Å². The van der Waals surface area contributed by atoms with Crippen LogP contribution in [0.2, 0.25) is 5.02 Å². The maximum absolute atomic E-state index is 11.8. The number of fused-ring (bicyclic) bond motifs is 3. The van der Waals surface area contributed by atoms with Gasteiger partial charge in [-0.25, -0.2) is 0 Å². The lowest BCUT2D eigenvalue weighted by molar-refractivity contribution is -0.142. The smallest absolute Gasteiger partial charge is 0.314 e. The normalized spacial score (nSPS) is 18.7. The zero-order valence-electron chi connectivity index (χ0n) is 9.92. The van der Waals surface area contributed by atoms with Gasteiger partial charge in [-0.1, -0.05) is 11.6 Å². The van der Waals surface area contributed by atoms with Crippen molar-refractivity contribution in [2.24, 2.45) is 0 Å². The summed E-state index contributed by atoms with van der Waals surface area (Å²) in [6.07, 6.45) is 0. The second-order valence-electron chi connectivity index (χ2n) is 4.41. The molecule has 1 aromatic heterocycles. The summed E-state index contributed by atoms with van der Waals surface area (Å²) in [5.41, 5.74) is 3.05. The average molecular weight is 265 g/mol. The van der Waals surface area contributed by atoms with Crippen molar-refractivity contribution >= 4 is 28.5 Å². The van der Waals surface area contributed by atoms with Crippen molar-refractivity contribution < 1.29 is 9.53 Å². The quantitative estimate of drug-likeness (QED) is 0.777. The minimum atomic E-state index is -0.272. The van der Waals surface area contributed by atoms with Crippen molar-refractivity contribution in [1.29, 1.82) is 0 Å². The molecule has 0 fully saturated rings. The standard InChI is InChI=1S/C13H13ClN2O2/c1-18-13(17)9-5-15-6-11-12(9)8-4-7(14)2-3-10(8)16-11/h2-4,9,15-16H,5-6H2,1H3. The fourth-order valence-electron chi connectivity index (χ4n) is 2.57. The predicted octanol–water partition coefficient (Wildman–Crippen LogP) is 2.18. The number of H-pyrrole nitrogens is 1. The van der Waals surface area contributed by atoms with Gasteiger partial charge >= 0.3 is 5.97 Å². The number of aromatic amines is 1. The zero-order valence-corrected chi connectivity index (χ0v) is 10.7. The molecule has 4 nitrogen and oxygen atoms in total. The van der Waals surface area contributed by atoms with E-state index in [9.17, 15) is 4.79 Å². The van der Waals surface area contributed by atoms with Crippen LogP contribution in [-0.2, 0) is 16.1 Å². The first-order chi connectivity index (χ1) is 8.70. The number of rotatable bonds is 1. The Hall–Kier alpha value is -1.52. The molecular formula is C13H13ClN2O2. The molecule has 5 heteroatoms. The van der Waals surface area contributed by atoms with Crippen molar-refractivity contribution in [3.05, 3.63) is 34.5 Å². The molecule has 0 saturated carbocycles. The van der Waals surface area contributed by atoms with Gasteiger partial charge in [-0.3, -0.25) is 4.79 Å². The number of aromatic nitrogens is 1. The molecule has 0 amide bonds. The van der Waals surface area contributed by atoms with Crippen LogP contribution in [0.4, 0.5) is 0 Å². The van der Waals surface area contributed by atoms with Gasteiger partial charge in [-0.2, -0.15) is 0 Å². The molecule has 1 aliphatic heterocycles. The maximum atomic E-state index is 11.8. The van der Waals surface area contributed by atoms with E-state index in [0.29, 0.717) is 11.6 Å². The largest absolute Gasteiger partial charge is 0.469 e. The SMILES string of the molecule is COC(=O)C1CNCc2[nH]c3ccc(Cl)cc3c21. The van der Waals surface area contributed by atoms with E-state index in [1.165, 1.54) is 7.11 Å². The van der Waals surface area contributed by atoms with Gasteiger partial charge in [0.25, 0.3) is 0 Å². The highest BCUT2D eigenvalue weighted by atomic mass is 35.5. The minimum Gasteiger partial charge on any atom is -0.469 e. The number of nitrogens with one attached hydrogen (secondary N) is 2. The molecule has 18 heavy (non-hydrogen) atoms. The third-order valence-electron chi connectivity index (χ3n) is 3.37. The Balaban J connectivity index is 2.22. The Kier molecular flexibility index (Phi) is 2.76. The molecule has 0 saturated heterocycles. The Morgan fingerprint density at radius 2 is 2.33 bits per heavy atom. The fraction of sp³-hybridized carbons (Fsp3) is 0.308. The van der Waals surface area contributed by atoms with Crippen molar-refractivity contribution in [2.45, 2.75) is 12.5 Å². The molecule has 94 valence electrons. The highest BCUT2D eigenvalue weighted by molar-refractivity contribution is 6.31. The minimum absolute atomic E-state index is 0.218. The molecular weight excluding hydrogens is 252 g/mol. The average Bonchev–Trinajstić information content (AvgIpc) is 2.75. The molecule has 2 N–H and O–H groups in total. The van der Waals surface area contributed by atoms with Crippen LogP contribution >= 0.6 is 11.6 Å². The van der Waals surface area contributed by atoms with Gasteiger partial charge in [0.05, 0.1) is 13.0 Å². The highest BCUT2D eigenvalue weighted by Gasteiger charge is 2.30. The third-order valence-corrected chi connectivity index (χ3v) is 3.60. The number of carbonyl (C=O) groups is 1. The van der Waals surface area contributed by atoms with E-state index in [4.69, 9.17) is 16.3 Å². The maximum Gasteiger partial charge on any atom is 0.314 e. The number of hydrogen-bond acceptors (Lipinski definition) is 3. The number of halogens is 1. The van der Waals surface area contributed by atoms with Crippen LogP contribution in [0.15, 0.2) is 18.2 Å². The highest BCUT2D eigenvalue weighted by Crippen LogP contribution is 2.33. The van der Waals surface area contributed by atoms with Crippen LogP contribution in [0, 0.1) is 0 Å². The Labute approximate surface area is 109 Å². The summed E-state index contributed by atoms with van der Waals surface area (Å²) in [6.45, 7) is 1.33. The van der Waals surface area contributed by atoms with E-state index >= 15 is 0 Å². The number of esters is 1. The number of benzene rings is 1. The molecule has 3 rings (SSSR count). The molecule has 0 spiro atoms. The molecule has 2 aromatic rings. The van der Waals surface area contributed by atoms with Crippen molar-refractivity contribution in [3.63, 3.8) is 0 Å². The van der Waals surface area contributed by atoms with Gasteiger partial charge in [0.2, 0.25) is 0 Å². The molecule has 1 aliphatic rings. The second kappa shape index (κ2) is 4.30. The lowest BCUT2D eigenvalue weighted by Gasteiger charge is -2.21. The third kappa shape index (κ3) is 1.69. The zero-order chi connectivity index (χ0) is 12.7. The van der Waals surface area contributed by atoms with E-state index in [0.717, 1.165) is 28.7 Å². The summed E-state index contributed by atoms with van der Waals surface area (Å²) in [7, 11) is 1.42. The Morgan fingerprint density at radius 3 is 3.11 bits per heavy atom. The topological polar surface area (TPSA) is 54.1 Å². The molecule has 1 atom stereocenters. The second-order valence-corrected chi connectivity index (χ2v) is 4.85. The fourth-order valence-corrected chi connectivity index (χ4v) is 2.74. The first-order valence-corrected chi connectivity index (χ1v) is 6.17. The van der Waals surface area contributed by atoms with E-state index in [2.05, 4.69) is 10.3 Å². The van der Waals surface area contributed by atoms with Crippen molar-refractivity contribution in [1.82, 2.24) is 10.3 Å². The number of carbonyl (C=O) groups excluding carboxylic acids is 1. The summed E-state index contributed by atoms with van der Waals surface area (Å²) in [6, 6.07) is 5.67. The summed E-state index contributed by atoms with van der Waals surface area (Å²) < 4.78 is 4.87. The van der Waals surface area contributed by atoms with Gasteiger partial charge in [-0.15, -0.1) is 0 Å². The van der Waals surface area contributed by atoms with E-state index in [-0.39, 0.29) is 11.9 Å². The molecule has 2 heterocycles. The first kappa shape index (κ1) is 11.6. The van der Waals surface area contributed by atoms with E-state index in [1.54, 1.807) is 0 Å².